The number of likely N-dealkylation sites (N-methyl/N-ethyl adjacent to an activating group) is 1. The van der Waals surface area contributed by atoms with Gasteiger partial charge in [0, 0.05) is 19.3 Å². The summed E-state index contributed by atoms with van der Waals surface area (Å²) in [6, 6.07) is 8.50. The fraction of sp³-hybridized carbons (Fsp3) is 0.400. The van der Waals surface area contributed by atoms with Crippen molar-refractivity contribution in [3.8, 4) is 5.75 Å². The molecule has 2 aromatic rings. The van der Waals surface area contributed by atoms with Gasteiger partial charge in [0.05, 0.1) is 13.3 Å². The smallest absolute Gasteiger partial charge is 0.119 e. The van der Waals surface area contributed by atoms with Crippen molar-refractivity contribution >= 4 is 0 Å². The number of hydrogen-bond acceptors (Lipinski definition) is 3. The van der Waals surface area contributed by atoms with E-state index >= 15 is 0 Å². The van der Waals surface area contributed by atoms with Crippen LogP contribution in [-0.4, -0.2) is 23.4 Å². The fourth-order valence-electron chi connectivity index (χ4n) is 2.23. The van der Waals surface area contributed by atoms with Gasteiger partial charge in [-0.05, 0) is 36.2 Å². The number of aryl methyl sites for hydroxylation is 1. The van der Waals surface area contributed by atoms with E-state index in [-0.39, 0.29) is 6.04 Å². The first-order valence-corrected chi connectivity index (χ1v) is 6.57. The number of rotatable bonds is 6. The molecular weight excluding hydrogens is 238 g/mol. The van der Waals surface area contributed by atoms with Gasteiger partial charge < -0.3 is 10.1 Å². The summed E-state index contributed by atoms with van der Waals surface area (Å²) in [5.74, 6) is 0.895. The molecule has 0 aliphatic heterocycles. The molecule has 1 N–H and O–H groups in total. The fourth-order valence-corrected chi connectivity index (χ4v) is 2.23. The molecule has 0 spiro atoms. The lowest BCUT2D eigenvalue weighted by Gasteiger charge is -2.18. The van der Waals surface area contributed by atoms with E-state index in [1.807, 2.05) is 30.1 Å². The summed E-state index contributed by atoms with van der Waals surface area (Å²) in [7, 11) is 3.64. The molecule has 0 amide bonds. The van der Waals surface area contributed by atoms with Crippen molar-refractivity contribution in [3.63, 3.8) is 0 Å². The average molecular weight is 259 g/mol. The topological polar surface area (TPSA) is 39.1 Å². The predicted molar refractivity (Wildman–Crippen MR) is 76.3 cm³/mol. The maximum absolute atomic E-state index is 5.29. The molecule has 1 atom stereocenters. The Morgan fingerprint density at radius 1 is 1.42 bits per heavy atom. The molecule has 0 fully saturated rings. The Hall–Kier alpha value is -1.81. The van der Waals surface area contributed by atoms with Crippen LogP contribution in [0.5, 0.6) is 5.75 Å². The average Bonchev–Trinajstić information content (AvgIpc) is 2.84. The van der Waals surface area contributed by atoms with E-state index < -0.39 is 0 Å². The van der Waals surface area contributed by atoms with Crippen LogP contribution in [0.15, 0.2) is 36.7 Å². The zero-order valence-electron chi connectivity index (χ0n) is 11.8. The molecule has 1 unspecified atom stereocenters. The summed E-state index contributed by atoms with van der Waals surface area (Å²) in [5.41, 5.74) is 2.47. The van der Waals surface area contributed by atoms with Gasteiger partial charge in [-0.15, -0.1) is 0 Å². The highest BCUT2D eigenvalue weighted by atomic mass is 16.5. The highest BCUT2D eigenvalue weighted by molar-refractivity contribution is 5.31. The second-order valence-corrected chi connectivity index (χ2v) is 4.61. The maximum atomic E-state index is 5.29. The Balaban J connectivity index is 2.18. The minimum Gasteiger partial charge on any atom is -0.497 e. The summed E-state index contributed by atoms with van der Waals surface area (Å²) in [5, 5.41) is 7.74. The van der Waals surface area contributed by atoms with Gasteiger partial charge in [-0.2, -0.15) is 5.10 Å². The van der Waals surface area contributed by atoms with Gasteiger partial charge in [0.25, 0.3) is 0 Å². The van der Waals surface area contributed by atoms with Crippen LogP contribution >= 0.6 is 0 Å². The molecule has 4 nitrogen and oxygen atoms in total. The lowest BCUT2D eigenvalue weighted by atomic mass is 10.0. The van der Waals surface area contributed by atoms with E-state index in [1.165, 1.54) is 11.1 Å². The summed E-state index contributed by atoms with van der Waals surface area (Å²) in [4.78, 5) is 0. The van der Waals surface area contributed by atoms with Crippen LogP contribution < -0.4 is 10.1 Å². The van der Waals surface area contributed by atoms with Crippen molar-refractivity contribution in [1.82, 2.24) is 15.1 Å². The van der Waals surface area contributed by atoms with Crippen molar-refractivity contribution in [2.45, 2.75) is 19.4 Å². The third-order valence-electron chi connectivity index (χ3n) is 3.14. The van der Waals surface area contributed by atoms with E-state index in [9.17, 15) is 0 Å². The number of nitrogens with zero attached hydrogens (tertiary/aromatic N) is 2. The van der Waals surface area contributed by atoms with E-state index in [0.717, 1.165) is 18.7 Å². The van der Waals surface area contributed by atoms with Gasteiger partial charge in [-0.3, -0.25) is 4.68 Å². The molecule has 0 aliphatic rings. The minimum atomic E-state index is 0.282. The molecule has 0 bridgehead atoms. The van der Waals surface area contributed by atoms with Crippen LogP contribution in [0.2, 0.25) is 0 Å². The van der Waals surface area contributed by atoms with Gasteiger partial charge in [-0.25, -0.2) is 0 Å². The highest BCUT2D eigenvalue weighted by Crippen LogP contribution is 2.22. The van der Waals surface area contributed by atoms with Crippen LogP contribution in [-0.2, 0) is 13.5 Å². The largest absolute Gasteiger partial charge is 0.497 e. The molecule has 2 rings (SSSR count). The summed E-state index contributed by atoms with van der Waals surface area (Å²) in [6.07, 6.45) is 4.91. The van der Waals surface area contributed by atoms with Crippen molar-refractivity contribution < 1.29 is 4.74 Å². The van der Waals surface area contributed by atoms with Gasteiger partial charge in [0.2, 0.25) is 0 Å². The SMILES string of the molecule is CCNC(Cc1cnn(C)c1)c1cccc(OC)c1. The minimum absolute atomic E-state index is 0.282. The zero-order chi connectivity index (χ0) is 13.7. The first-order chi connectivity index (χ1) is 9.22. The Morgan fingerprint density at radius 2 is 2.26 bits per heavy atom. The first-order valence-electron chi connectivity index (χ1n) is 6.57. The van der Waals surface area contributed by atoms with Crippen LogP contribution in [0.25, 0.3) is 0 Å². The van der Waals surface area contributed by atoms with E-state index in [0.29, 0.717) is 0 Å². The van der Waals surface area contributed by atoms with Crippen LogP contribution in [0.3, 0.4) is 0 Å². The van der Waals surface area contributed by atoms with Crippen molar-refractivity contribution in [2.24, 2.45) is 7.05 Å². The third-order valence-corrected chi connectivity index (χ3v) is 3.14. The van der Waals surface area contributed by atoms with Gasteiger partial charge in [0.15, 0.2) is 0 Å². The third kappa shape index (κ3) is 3.58. The normalized spacial score (nSPS) is 12.4. The Bertz CT molecular complexity index is 522. The zero-order valence-corrected chi connectivity index (χ0v) is 11.8. The molecule has 0 saturated heterocycles. The molecule has 0 saturated carbocycles. The lowest BCUT2D eigenvalue weighted by molar-refractivity contribution is 0.413. The Morgan fingerprint density at radius 3 is 2.89 bits per heavy atom. The number of hydrogen-bond donors (Lipinski definition) is 1. The maximum Gasteiger partial charge on any atom is 0.119 e. The number of benzene rings is 1. The van der Waals surface area contributed by atoms with Crippen LogP contribution in [0.4, 0.5) is 0 Å². The van der Waals surface area contributed by atoms with Crippen molar-refractivity contribution in [2.75, 3.05) is 13.7 Å². The predicted octanol–water partition coefficient (Wildman–Crippen LogP) is 2.32. The van der Waals surface area contributed by atoms with Crippen molar-refractivity contribution in [1.29, 1.82) is 0 Å². The van der Waals surface area contributed by atoms with Gasteiger partial charge in [0.1, 0.15) is 5.75 Å². The number of aromatic nitrogens is 2. The van der Waals surface area contributed by atoms with Gasteiger partial charge >= 0.3 is 0 Å². The van der Waals surface area contributed by atoms with Crippen molar-refractivity contribution in [3.05, 3.63) is 47.8 Å². The molecule has 0 radical (unpaired) electrons. The van der Waals surface area contributed by atoms with Gasteiger partial charge in [-0.1, -0.05) is 19.1 Å². The molecule has 19 heavy (non-hydrogen) atoms. The molecule has 102 valence electrons. The summed E-state index contributed by atoms with van der Waals surface area (Å²) < 4.78 is 7.13. The Kier molecular flexibility index (Phi) is 4.58. The lowest BCUT2D eigenvalue weighted by Crippen LogP contribution is -2.22. The number of ether oxygens (including phenoxy) is 1. The second-order valence-electron chi connectivity index (χ2n) is 4.61. The van der Waals surface area contributed by atoms with Crippen LogP contribution in [0, 0.1) is 0 Å². The second kappa shape index (κ2) is 6.38. The summed E-state index contributed by atoms with van der Waals surface area (Å²) in [6.45, 7) is 3.05. The first kappa shape index (κ1) is 13.6. The highest BCUT2D eigenvalue weighted by Gasteiger charge is 2.12. The molecule has 4 heteroatoms. The summed E-state index contributed by atoms with van der Waals surface area (Å²) >= 11 is 0. The molecular formula is C15H21N3O. The molecule has 0 aliphatic carbocycles. The van der Waals surface area contributed by atoms with E-state index in [1.54, 1.807) is 7.11 Å². The molecule has 1 heterocycles. The quantitative estimate of drug-likeness (QED) is 0.865. The number of methoxy groups -OCH3 is 1. The van der Waals surface area contributed by atoms with Crippen LogP contribution in [0.1, 0.15) is 24.1 Å². The Labute approximate surface area is 114 Å². The molecule has 1 aromatic heterocycles. The molecule has 1 aromatic carbocycles. The monoisotopic (exact) mass is 259 g/mol. The van der Waals surface area contributed by atoms with E-state index in [4.69, 9.17) is 4.74 Å². The number of nitrogens with one attached hydrogen (secondary N) is 1. The van der Waals surface area contributed by atoms with E-state index in [2.05, 4.69) is 35.7 Å². The standard InChI is InChI=1S/C15H21N3O/c1-4-16-15(8-12-10-17-18(2)11-12)13-6-5-7-14(9-13)19-3/h5-7,9-11,15-16H,4,8H2,1-3H3.